The van der Waals surface area contributed by atoms with E-state index in [2.05, 4.69) is 0 Å². The second-order valence-corrected chi connectivity index (χ2v) is 5.06. The molecule has 0 radical (unpaired) electrons. The Balaban J connectivity index is 1.90. The maximum atomic E-state index is 12.5. The molecule has 0 saturated carbocycles. The summed E-state index contributed by atoms with van der Waals surface area (Å²) in [5, 5.41) is 0. The van der Waals surface area contributed by atoms with Gasteiger partial charge in [0.15, 0.2) is 11.5 Å². The molecule has 0 unspecified atom stereocenters. The molecular formula is C15H19NO4. The minimum atomic E-state index is 0.0416. The van der Waals surface area contributed by atoms with Crippen LogP contribution < -0.4 is 14.2 Å². The van der Waals surface area contributed by atoms with Gasteiger partial charge in [0, 0.05) is 18.7 Å². The van der Waals surface area contributed by atoms with Crippen molar-refractivity contribution in [3.63, 3.8) is 0 Å². The Hall–Kier alpha value is -1.91. The van der Waals surface area contributed by atoms with E-state index in [1.807, 2.05) is 4.90 Å². The minimum absolute atomic E-state index is 0.0416. The summed E-state index contributed by atoms with van der Waals surface area (Å²) in [4.78, 5) is 14.4. The van der Waals surface area contributed by atoms with Gasteiger partial charge in [-0.25, -0.2) is 0 Å². The highest BCUT2D eigenvalue weighted by Gasteiger charge is 2.24. The van der Waals surface area contributed by atoms with Crippen LogP contribution in [0.3, 0.4) is 0 Å². The molecule has 20 heavy (non-hydrogen) atoms. The Morgan fingerprint density at radius 2 is 1.90 bits per heavy atom. The third-order valence-corrected chi connectivity index (χ3v) is 3.72. The van der Waals surface area contributed by atoms with E-state index >= 15 is 0 Å². The zero-order valence-electron chi connectivity index (χ0n) is 11.7. The number of fused-ring (bicyclic) bond motifs is 1. The average molecular weight is 277 g/mol. The number of hydrogen-bond acceptors (Lipinski definition) is 4. The fourth-order valence-electron chi connectivity index (χ4n) is 2.68. The molecule has 2 heterocycles. The summed E-state index contributed by atoms with van der Waals surface area (Å²) in [6.45, 7) is 2.66. The maximum Gasteiger partial charge on any atom is 0.254 e. The fourth-order valence-corrected chi connectivity index (χ4v) is 2.68. The van der Waals surface area contributed by atoms with E-state index in [1.165, 1.54) is 6.42 Å². The zero-order chi connectivity index (χ0) is 13.9. The minimum Gasteiger partial charge on any atom is -0.493 e. The van der Waals surface area contributed by atoms with Crippen molar-refractivity contribution >= 4 is 5.91 Å². The van der Waals surface area contributed by atoms with E-state index in [-0.39, 0.29) is 5.91 Å². The summed E-state index contributed by atoms with van der Waals surface area (Å²) in [5.41, 5.74) is 0.605. The molecule has 0 aromatic heterocycles. The number of benzene rings is 1. The SMILES string of the molecule is COc1cc(C(=O)N2CCCCC2)cc2c1OCCO2. The van der Waals surface area contributed by atoms with Crippen LogP contribution in [0.15, 0.2) is 12.1 Å². The molecule has 1 saturated heterocycles. The first-order chi connectivity index (χ1) is 9.79. The van der Waals surface area contributed by atoms with Crippen LogP contribution >= 0.6 is 0 Å². The molecule has 0 atom stereocenters. The molecule has 1 aromatic carbocycles. The Morgan fingerprint density at radius 3 is 2.65 bits per heavy atom. The van der Waals surface area contributed by atoms with Gasteiger partial charge < -0.3 is 19.1 Å². The van der Waals surface area contributed by atoms with E-state index < -0.39 is 0 Å². The molecule has 1 aromatic rings. The molecule has 0 N–H and O–H groups in total. The van der Waals surface area contributed by atoms with Crippen LogP contribution in [-0.4, -0.2) is 44.2 Å². The number of ether oxygens (including phenoxy) is 3. The summed E-state index contributed by atoms with van der Waals surface area (Å²) < 4.78 is 16.4. The number of nitrogens with zero attached hydrogens (tertiary/aromatic N) is 1. The van der Waals surface area contributed by atoms with Crippen molar-refractivity contribution in [2.24, 2.45) is 0 Å². The number of carbonyl (C=O) groups is 1. The predicted molar refractivity (Wildman–Crippen MR) is 73.7 cm³/mol. The van der Waals surface area contributed by atoms with Crippen molar-refractivity contribution in [3.8, 4) is 17.2 Å². The van der Waals surface area contributed by atoms with Crippen LogP contribution in [0.4, 0.5) is 0 Å². The second-order valence-electron chi connectivity index (χ2n) is 5.06. The van der Waals surface area contributed by atoms with Gasteiger partial charge in [-0.3, -0.25) is 4.79 Å². The average Bonchev–Trinajstić information content (AvgIpc) is 2.54. The third kappa shape index (κ3) is 2.40. The van der Waals surface area contributed by atoms with Crippen LogP contribution in [0.1, 0.15) is 29.6 Å². The van der Waals surface area contributed by atoms with Crippen molar-refractivity contribution in [2.75, 3.05) is 33.4 Å². The molecule has 5 heteroatoms. The first kappa shape index (κ1) is 13.1. The van der Waals surface area contributed by atoms with Crippen LogP contribution in [0.25, 0.3) is 0 Å². The Bertz CT molecular complexity index is 492. The monoisotopic (exact) mass is 277 g/mol. The van der Waals surface area contributed by atoms with Crippen molar-refractivity contribution in [3.05, 3.63) is 17.7 Å². The van der Waals surface area contributed by atoms with Crippen LogP contribution in [0, 0.1) is 0 Å². The number of hydrogen-bond donors (Lipinski definition) is 0. The Kier molecular flexibility index (Phi) is 3.67. The standard InChI is InChI=1S/C15H19NO4/c1-18-12-9-11(10-13-14(12)20-8-7-19-13)15(17)16-5-3-2-4-6-16/h9-10H,2-8H2,1H3. The van der Waals surface area contributed by atoms with Gasteiger partial charge >= 0.3 is 0 Å². The van der Waals surface area contributed by atoms with Crippen LogP contribution in [0.2, 0.25) is 0 Å². The van der Waals surface area contributed by atoms with Crippen molar-refractivity contribution in [2.45, 2.75) is 19.3 Å². The molecule has 0 aliphatic carbocycles. The maximum absolute atomic E-state index is 12.5. The van der Waals surface area contributed by atoms with Gasteiger partial charge in [0.05, 0.1) is 7.11 Å². The number of likely N-dealkylation sites (tertiary alicyclic amines) is 1. The first-order valence-corrected chi connectivity index (χ1v) is 7.06. The predicted octanol–water partition coefficient (Wildman–Crippen LogP) is 2.09. The molecular weight excluding hydrogens is 258 g/mol. The normalized spacial score (nSPS) is 17.8. The van der Waals surface area contributed by atoms with Crippen molar-refractivity contribution in [1.82, 2.24) is 4.90 Å². The lowest BCUT2D eigenvalue weighted by Crippen LogP contribution is -2.35. The highest BCUT2D eigenvalue weighted by Crippen LogP contribution is 2.40. The molecule has 3 rings (SSSR count). The number of methoxy groups -OCH3 is 1. The van der Waals surface area contributed by atoms with Crippen molar-refractivity contribution < 1.29 is 19.0 Å². The van der Waals surface area contributed by atoms with Gasteiger partial charge in [0.25, 0.3) is 5.91 Å². The lowest BCUT2D eigenvalue weighted by atomic mass is 10.1. The summed E-state index contributed by atoms with van der Waals surface area (Å²) in [5.74, 6) is 1.78. The van der Waals surface area contributed by atoms with E-state index in [4.69, 9.17) is 14.2 Å². The van der Waals surface area contributed by atoms with E-state index in [0.29, 0.717) is 36.0 Å². The second kappa shape index (κ2) is 5.61. The fraction of sp³-hybridized carbons (Fsp3) is 0.533. The summed E-state index contributed by atoms with van der Waals surface area (Å²) >= 11 is 0. The van der Waals surface area contributed by atoms with E-state index in [0.717, 1.165) is 25.9 Å². The summed E-state index contributed by atoms with van der Waals surface area (Å²) in [6, 6.07) is 3.50. The van der Waals surface area contributed by atoms with Gasteiger partial charge in [-0.2, -0.15) is 0 Å². The highest BCUT2D eigenvalue weighted by atomic mass is 16.6. The molecule has 1 fully saturated rings. The van der Waals surface area contributed by atoms with Gasteiger partial charge in [0.1, 0.15) is 13.2 Å². The van der Waals surface area contributed by atoms with E-state index in [1.54, 1.807) is 19.2 Å². The largest absolute Gasteiger partial charge is 0.493 e. The molecule has 2 aliphatic heterocycles. The van der Waals surface area contributed by atoms with Gasteiger partial charge in [-0.05, 0) is 31.4 Å². The third-order valence-electron chi connectivity index (χ3n) is 3.72. The lowest BCUT2D eigenvalue weighted by molar-refractivity contribution is 0.0722. The number of carbonyl (C=O) groups excluding carboxylic acids is 1. The topological polar surface area (TPSA) is 48.0 Å². The molecule has 2 aliphatic rings. The van der Waals surface area contributed by atoms with E-state index in [9.17, 15) is 4.79 Å². The molecule has 5 nitrogen and oxygen atoms in total. The smallest absolute Gasteiger partial charge is 0.254 e. The van der Waals surface area contributed by atoms with Crippen LogP contribution in [-0.2, 0) is 0 Å². The Labute approximate surface area is 118 Å². The zero-order valence-corrected chi connectivity index (χ0v) is 11.7. The molecule has 1 amide bonds. The van der Waals surface area contributed by atoms with Crippen molar-refractivity contribution in [1.29, 1.82) is 0 Å². The van der Waals surface area contributed by atoms with Gasteiger partial charge in [-0.15, -0.1) is 0 Å². The summed E-state index contributed by atoms with van der Waals surface area (Å²) in [6.07, 6.45) is 3.36. The molecule has 108 valence electrons. The highest BCUT2D eigenvalue weighted by molar-refractivity contribution is 5.95. The molecule has 0 spiro atoms. The number of piperidine rings is 1. The molecule has 0 bridgehead atoms. The number of rotatable bonds is 2. The van der Waals surface area contributed by atoms with Crippen LogP contribution in [0.5, 0.6) is 17.2 Å². The first-order valence-electron chi connectivity index (χ1n) is 7.06. The summed E-state index contributed by atoms with van der Waals surface area (Å²) in [7, 11) is 1.57. The van der Waals surface area contributed by atoms with Gasteiger partial charge in [0.2, 0.25) is 5.75 Å². The Morgan fingerprint density at radius 1 is 1.15 bits per heavy atom. The quantitative estimate of drug-likeness (QED) is 0.830. The lowest BCUT2D eigenvalue weighted by Gasteiger charge is -2.27. The van der Waals surface area contributed by atoms with Gasteiger partial charge in [-0.1, -0.05) is 0 Å². The number of amides is 1.